The smallest absolute Gasteiger partial charge is 0.318 e. The highest BCUT2D eigenvalue weighted by molar-refractivity contribution is 6.31. The molecule has 18 heavy (non-hydrogen) atoms. The lowest BCUT2D eigenvalue weighted by atomic mass is 10.0. The third kappa shape index (κ3) is 1.89. The van der Waals surface area contributed by atoms with Crippen LogP contribution in [0.15, 0.2) is 12.1 Å². The molecule has 1 fully saturated rings. The number of halogens is 2. The van der Waals surface area contributed by atoms with Crippen LogP contribution in [0.5, 0.6) is 0 Å². The minimum absolute atomic E-state index is 0.189. The second-order valence-electron chi connectivity index (χ2n) is 4.24. The average Bonchev–Trinajstić information content (AvgIpc) is 2.61. The Morgan fingerprint density at radius 3 is 2.78 bits per heavy atom. The van der Waals surface area contributed by atoms with E-state index in [-0.39, 0.29) is 12.4 Å². The van der Waals surface area contributed by atoms with Crippen molar-refractivity contribution in [3.05, 3.63) is 34.1 Å². The summed E-state index contributed by atoms with van der Waals surface area (Å²) >= 11 is 6.08. The molecule has 0 saturated carbocycles. The van der Waals surface area contributed by atoms with Crippen LogP contribution in [0.2, 0.25) is 5.02 Å². The van der Waals surface area contributed by atoms with Crippen LogP contribution in [0.4, 0.5) is 9.18 Å². The van der Waals surface area contributed by atoms with Crippen LogP contribution in [0.1, 0.15) is 17.2 Å². The number of hydrogen-bond donors (Lipinski definition) is 0. The van der Waals surface area contributed by atoms with Gasteiger partial charge in [-0.2, -0.15) is 5.26 Å². The van der Waals surface area contributed by atoms with Crippen LogP contribution in [0.3, 0.4) is 0 Å². The molecule has 0 aliphatic carbocycles. The Morgan fingerprint density at radius 1 is 1.56 bits per heavy atom. The maximum atomic E-state index is 13.6. The van der Waals surface area contributed by atoms with Crippen LogP contribution in [-0.4, -0.2) is 29.4 Å². The number of amides is 2. The standard InChI is InChI=1S/C12H11ClFN3O/c1-7-3-9(13)8(4-10(7)14)11-5-17(6-15)12(18)16(11)2/h3-4,11H,5H2,1-2H3. The fourth-order valence-corrected chi connectivity index (χ4v) is 2.35. The Morgan fingerprint density at radius 2 is 2.22 bits per heavy atom. The highest BCUT2D eigenvalue weighted by Gasteiger charge is 2.37. The molecule has 1 atom stereocenters. The van der Waals surface area contributed by atoms with Gasteiger partial charge in [0, 0.05) is 12.1 Å². The first-order chi connectivity index (χ1) is 8.45. The predicted octanol–water partition coefficient (Wildman–Crippen LogP) is 2.68. The van der Waals surface area contributed by atoms with Gasteiger partial charge in [-0.05, 0) is 30.2 Å². The predicted molar refractivity (Wildman–Crippen MR) is 64.4 cm³/mol. The number of nitrogens with zero attached hydrogens (tertiary/aromatic N) is 3. The van der Waals surface area contributed by atoms with Crippen molar-refractivity contribution in [3.8, 4) is 6.19 Å². The molecule has 0 aromatic heterocycles. The summed E-state index contributed by atoms with van der Waals surface area (Å²) in [5.74, 6) is -0.370. The first-order valence-corrected chi connectivity index (χ1v) is 5.73. The van der Waals surface area contributed by atoms with Gasteiger partial charge in [0.15, 0.2) is 6.19 Å². The lowest BCUT2D eigenvalue weighted by Gasteiger charge is -2.19. The van der Waals surface area contributed by atoms with Gasteiger partial charge in [0.25, 0.3) is 0 Å². The molecule has 1 unspecified atom stereocenters. The van der Waals surface area contributed by atoms with Crippen molar-refractivity contribution in [3.63, 3.8) is 0 Å². The number of rotatable bonds is 1. The first-order valence-electron chi connectivity index (χ1n) is 5.35. The topological polar surface area (TPSA) is 47.3 Å². The average molecular weight is 268 g/mol. The molecule has 2 rings (SSSR count). The number of carbonyl (C=O) groups is 1. The number of urea groups is 1. The van der Waals surface area contributed by atoms with Crippen molar-refractivity contribution in [2.45, 2.75) is 13.0 Å². The Hall–Kier alpha value is -1.80. The van der Waals surface area contributed by atoms with E-state index in [1.54, 1.807) is 20.2 Å². The van der Waals surface area contributed by atoms with Crippen LogP contribution < -0.4 is 0 Å². The van der Waals surface area contributed by atoms with Crippen LogP contribution >= 0.6 is 11.6 Å². The van der Waals surface area contributed by atoms with Gasteiger partial charge >= 0.3 is 6.03 Å². The maximum Gasteiger partial charge on any atom is 0.333 e. The summed E-state index contributed by atoms with van der Waals surface area (Å²) in [7, 11) is 1.57. The van der Waals surface area contributed by atoms with Gasteiger partial charge in [-0.15, -0.1) is 0 Å². The molecule has 2 amide bonds. The summed E-state index contributed by atoms with van der Waals surface area (Å²) in [6.45, 7) is 1.81. The molecular formula is C12H11ClFN3O. The second kappa shape index (κ2) is 4.46. The van der Waals surface area contributed by atoms with E-state index in [0.29, 0.717) is 16.1 Å². The van der Waals surface area contributed by atoms with E-state index >= 15 is 0 Å². The summed E-state index contributed by atoms with van der Waals surface area (Å²) in [6, 6.07) is 2.05. The second-order valence-corrected chi connectivity index (χ2v) is 4.65. The van der Waals surface area contributed by atoms with Gasteiger partial charge in [0.1, 0.15) is 5.82 Å². The number of nitriles is 1. The van der Waals surface area contributed by atoms with Gasteiger partial charge in [-0.25, -0.2) is 14.1 Å². The van der Waals surface area contributed by atoms with Crippen LogP contribution in [0.25, 0.3) is 0 Å². The zero-order chi connectivity index (χ0) is 13.4. The Balaban J connectivity index is 2.42. The SMILES string of the molecule is Cc1cc(Cl)c(C2CN(C#N)C(=O)N2C)cc1F. The van der Waals surface area contributed by atoms with Gasteiger partial charge < -0.3 is 4.90 Å². The van der Waals surface area contributed by atoms with E-state index < -0.39 is 12.1 Å². The third-order valence-electron chi connectivity index (χ3n) is 3.11. The van der Waals surface area contributed by atoms with Crippen molar-refractivity contribution in [2.24, 2.45) is 0 Å². The Kier molecular flexibility index (Phi) is 3.14. The highest BCUT2D eigenvalue weighted by atomic mass is 35.5. The summed E-state index contributed by atoms with van der Waals surface area (Å²) in [5, 5.41) is 9.21. The largest absolute Gasteiger partial charge is 0.333 e. The van der Waals surface area contributed by atoms with Gasteiger partial charge in [-0.1, -0.05) is 11.6 Å². The summed E-state index contributed by atoms with van der Waals surface area (Å²) in [6.07, 6.45) is 1.79. The molecule has 1 aromatic rings. The number of aryl methyl sites for hydroxylation is 1. The fraction of sp³-hybridized carbons (Fsp3) is 0.333. The van der Waals surface area contributed by atoms with Crippen molar-refractivity contribution in [1.82, 2.24) is 9.80 Å². The van der Waals surface area contributed by atoms with Crippen molar-refractivity contribution >= 4 is 17.6 Å². The van der Waals surface area contributed by atoms with Crippen LogP contribution in [-0.2, 0) is 0 Å². The highest BCUT2D eigenvalue weighted by Crippen LogP contribution is 2.33. The van der Waals surface area contributed by atoms with Crippen molar-refractivity contribution < 1.29 is 9.18 Å². The first kappa shape index (κ1) is 12.7. The van der Waals surface area contributed by atoms with E-state index in [0.717, 1.165) is 4.90 Å². The molecule has 1 saturated heterocycles. The molecule has 1 heterocycles. The molecule has 0 bridgehead atoms. The molecule has 0 spiro atoms. The minimum Gasteiger partial charge on any atom is -0.318 e. The zero-order valence-corrected chi connectivity index (χ0v) is 10.7. The van der Waals surface area contributed by atoms with E-state index in [2.05, 4.69) is 0 Å². The van der Waals surface area contributed by atoms with Gasteiger partial charge in [-0.3, -0.25) is 0 Å². The van der Waals surface area contributed by atoms with Crippen molar-refractivity contribution in [2.75, 3.05) is 13.6 Å². The van der Waals surface area contributed by atoms with Crippen molar-refractivity contribution in [1.29, 1.82) is 5.26 Å². The maximum absolute atomic E-state index is 13.6. The zero-order valence-electron chi connectivity index (χ0n) is 9.94. The monoisotopic (exact) mass is 267 g/mol. The normalized spacial score (nSPS) is 19.3. The molecule has 1 aliphatic heterocycles. The number of carbonyl (C=O) groups excluding carboxylic acids is 1. The number of hydrogen-bond acceptors (Lipinski definition) is 2. The molecule has 0 radical (unpaired) electrons. The summed E-state index contributed by atoms with van der Waals surface area (Å²) in [5.41, 5.74) is 0.973. The van der Waals surface area contributed by atoms with E-state index in [9.17, 15) is 9.18 Å². The lowest BCUT2D eigenvalue weighted by Crippen LogP contribution is -2.26. The van der Waals surface area contributed by atoms with Gasteiger partial charge in [0.05, 0.1) is 12.6 Å². The van der Waals surface area contributed by atoms with E-state index in [1.165, 1.54) is 17.0 Å². The fourth-order valence-electron chi connectivity index (χ4n) is 2.00. The summed E-state index contributed by atoms with van der Waals surface area (Å²) < 4.78 is 13.6. The van der Waals surface area contributed by atoms with E-state index in [4.69, 9.17) is 16.9 Å². The molecule has 4 nitrogen and oxygen atoms in total. The van der Waals surface area contributed by atoms with Gasteiger partial charge in [0.2, 0.25) is 0 Å². The third-order valence-corrected chi connectivity index (χ3v) is 3.44. The van der Waals surface area contributed by atoms with E-state index in [1.807, 2.05) is 0 Å². The molecular weight excluding hydrogens is 257 g/mol. The quantitative estimate of drug-likeness (QED) is 0.735. The molecule has 1 aromatic carbocycles. The Labute approximate surface area is 109 Å². The number of likely N-dealkylation sites (N-methyl/N-ethyl adjacent to an activating group) is 1. The minimum atomic E-state index is -0.403. The number of benzene rings is 1. The lowest BCUT2D eigenvalue weighted by molar-refractivity contribution is 0.205. The molecule has 0 N–H and O–H groups in total. The van der Waals surface area contributed by atoms with Crippen LogP contribution in [0, 0.1) is 24.2 Å². The molecule has 6 heteroatoms. The molecule has 1 aliphatic rings. The summed E-state index contributed by atoms with van der Waals surface area (Å²) in [4.78, 5) is 14.1. The Bertz CT molecular complexity index is 555. The molecule has 94 valence electrons.